The van der Waals surface area contributed by atoms with Crippen LogP contribution in [0.5, 0.6) is 0 Å². The second-order valence-electron chi connectivity index (χ2n) is 3.78. The number of nitrogens with one attached hydrogen (secondary N) is 1. The molecule has 0 spiro atoms. The van der Waals surface area contributed by atoms with E-state index in [4.69, 9.17) is 5.11 Å². The summed E-state index contributed by atoms with van der Waals surface area (Å²) in [5.41, 5.74) is 1.37. The third-order valence-corrected chi connectivity index (χ3v) is 4.19. The normalized spacial score (nSPS) is 10.0. The van der Waals surface area contributed by atoms with Gasteiger partial charge in [0.2, 0.25) is 0 Å². The maximum atomic E-state index is 10.8. The molecule has 0 fully saturated rings. The SMILES string of the molecule is CSc1cccc(NCc2nc(C(=O)O)cs2)c1C#N. The maximum absolute atomic E-state index is 10.8. The predicted molar refractivity (Wildman–Crippen MR) is 79.3 cm³/mol. The van der Waals surface area contributed by atoms with Gasteiger partial charge in [0.15, 0.2) is 5.69 Å². The van der Waals surface area contributed by atoms with Crippen molar-refractivity contribution in [2.45, 2.75) is 11.4 Å². The lowest BCUT2D eigenvalue weighted by atomic mass is 10.2. The quantitative estimate of drug-likeness (QED) is 0.826. The zero-order valence-corrected chi connectivity index (χ0v) is 12.2. The summed E-state index contributed by atoms with van der Waals surface area (Å²) in [5.74, 6) is -1.03. The summed E-state index contributed by atoms with van der Waals surface area (Å²) < 4.78 is 0. The molecule has 2 aromatic rings. The summed E-state index contributed by atoms with van der Waals surface area (Å²) in [7, 11) is 0. The van der Waals surface area contributed by atoms with Crippen molar-refractivity contribution in [2.75, 3.05) is 11.6 Å². The Morgan fingerprint density at radius 3 is 3.00 bits per heavy atom. The lowest BCUT2D eigenvalue weighted by molar-refractivity contribution is 0.0691. The maximum Gasteiger partial charge on any atom is 0.355 e. The fourth-order valence-corrected chi connectivity index (χ4v) is 2.91. The molecule has 0 amide bonds. The van der Waals surface area contributed by atoms with Gasteiger partial charge in [0.25, 0.3) is 0 Å². The van der Waals surface area contributed by atoms with Gasteiger partial charge in [-0.3, -0.25) is 0 Å². The highest BCUT2D eigenvalue weighted by atomic mass is 32.2. The Balaban J connectivity index is 2.14. The molecule has 0 saturated heterocycles. The molecule has 0 unspecified atom stereocenters. The number of hydrogen-bond donors (Lipinski definition) is 2. The third kappa shape index (κ3) is 3.10. The standard InChI is InChI=1S/C13H11N3O2S2/c1-19-11-4-2-3-9(8(11)5-14)15-6-12-16-10(7-20-12)13(17)18/h2-4,7,15H,6H2,1H3,(H,17,18). The molecule has 2 N–H and O–H groups in total. The Kier molecular flexibility index (Phi) is 4.61. The Labute approximate surface area is 124 Å². The number of carboxylic acids is 1. The molecule has 0 aliphatic carbocycles. The number of aromatic carboxylic acids is 1. The summed E-state index contributed by atoms with van der Waals surface area (Å²) in [6, 6.07) is 7.77. The molecule has 0 radical (unpaired) electrons. The molecule has 1 aromatic carbocycles. The van der Waals surface area contributed by atoms with Gasteiger partial charge < -0.3 is 10.4 Å². The number of carbonyl (C=O) groups is 1. The molecule has 0 bridgehead atoms. The molecule has 2 rings (SSSR count). The summed E-state index contributed by atoms with van der Waals surface area (Å²) >= 11 is 2.79. The third-order valence-electron chi connectivity index (χ3n) is 2.56. The summed E-state index contributed by atoms with van der Waals surface area (Å²) in [6.07, 6.45) is 1.92. The topological polar surface area (TPSA) is 86.0 Å². The lowest BCUT2D eigenvalue weighted by Gasteiger charge is -2.09. The van der Waals surface area contributed by atoms with E-state index in [2.05, 4.69) is 16.4 Å². The number of rotatable bonds is 5. The van der Waals surface area contributed by atoms with Gasteiger partial charge >= 0.3 is 5.97 Å². The van der Waals surface area contributed by atoms with Gasteiger partial charge in [0.1, 0.15) is 11.1 Å². The van der Waals surface area contributed by atoms with Gasteiger partial charge in [-0.1, -0.05) is 6.07 Å². The number of anilines is 1. The van der Waals surface area contributed by atoms with E-state index in [0.717, 1.165) is 10.6 Å². The molecular formula is C13H11N3O2S2. The molecule has 1 aromatic heterocycles. The Bertz CT molecular complexity index is 676. The molecule has 20 heavy (non-hydrogen) atoms. The average Bonchev–Trinajstić information content (AvgIpc) is 2.93. The van der Waals surface area contributed by atoms with Gasteiger partial charge in [0.05, 0.1) is 17.8 Å². The molecule has 0 aliphatic heterocycles. The average molecular weight is 305 g/mol. The number of nitrogens with zero attached hydrogens (tertiary/aromatic N) is 2. The van der Waals surface area contributed by atoms with Gasteiger partial charge in [-0.05, 0) is 18.4 Å². The molecule has 102 valence electrons. The monoisotopic (exact) mass is 305 g/mol. The van der Waals surface area contributed by atoms with Crippen LogP contribution >= 0.6 is 23.1 Å². The number of thiazole rings is 1. The van der Waals surface area contributed by atoms with E-state index in [1.807, 2.05) is 24.5 Å². The summed E-state index contributed by atoms with van der Waals surface area (Å²) in [5, 5.41) is 23.3. The minimum absolute atomic E-state index is 0.0465. The smallest absolute Gasteiger partial charge is 0.355 e. The van der Waals surface area contributed by atoms with Crippen molar-refractivity contribution < 1.29 is 9.90 Å². The van der Waals surface area contributed by atoms with Crippen LogP contribution in [0.25, 0.3) is 0 Å². The van der Waals surface area contributed by atoms with Crippen molar-refractivity contribution in [3.8, 4) is 6.07 Å². The van der Waals surface area contributed by atoms with Crippen LogP contribution in [0.1, 0.15) is 21.1 Å². The van der Waals surface area contributed by atoms with Crippen molar-refractivity contribution in [1.82, 2.24) is 4.98 Å². The first-order valence-electron chi connectivity index (χ1n) is 5.64. The van der Waals surface area contributed by atoms with Gasteiger partial charge in [-0.15, -0.1) is 23.1 Å². The zero-order chi connectivity index (χ0) is 14.5. The molecule has 0 saturated carbocycles. The van der Waals surface area contributed by atoms with E-state index in [-0.39, 0.29) is 5.69 Å². The van der Waals surface area contributed by atoms with Crippen LogP contribution in [-0.4, -0.2) is 22.3 Å². The predicted octanol–water partition coefficient (Wildman–Crippen LogP) is 3.05. The molecular weight excluding hydrogens is 294 g/mol. The van der Waals surface area contributed by atoms with Crippen molar-refractivity contribution >= 4 is 34.8 Å². The van der Waals surface area contributed by atoms with Crippen molar-refractivity contribution in [1.29, 1.82) is 5.26 Å². The number of nitriles is 1. The van der Waals surface area contributed by atoms with Crippen LogP contribution in [0.3, 0.4) is 0 Å². The molecule has 1 heterocycles. The van der Waals surface area contributed by atoms with Gasteiger partial charge in [-0.2, -0.15) is 5.26 Å². The highest BCUT2D eigenvalue weighted by Gasteiger charge is 2.10. The number of benzene rings is 1. The van der Waals surface area contributed by atoms with Crippen LogP contribution in [0.4, 0.5) is 5.69 Å². The van der Waals surface area contributed by atoms with E-state index in [0.29, 0.717) is 17.1 Å². The van der Waals surface area contributed by atoms with Gasteiger partial charge in [-0.25, -0.2) is 9.78 Å². The number of carboxylic acid groups (broad SMARTS) is 1. The Morgan fingerprint density at radius 1 is 1.60 bits per heavy atom. The van der Waals surface area contributed by atoms with Crippen LogP contribution in [0, 0.1) is 11.3 Å². The van der Waals surface area contributed by atoms with E-state index < -0.39 is 5.97 Å². The lowest BCUT2D eigenvalue weighted by Crippen LogP contribution is -2.03. The van der Waals surface area contributed by atoms with Crippen LogP contribution in [0.2, 0.25) is 0 Å². The molecule has 0 aliphatic rings. The highest BCUT2D eigenvalue weighted by Crippen LogP contribution is 2.26. The molecule has 0 atom stereocenters. The number of hydrogen-bond acceptors (Lipinski definition) is 6. The van der Waals surface area contributed by atoms with Crippen molar-refractivity contribution in [3.05, 3.63) is 39.8 Å². The number of aromatic nitrogens is 1. The van der Waals surface area contributed by atoms with E-state index in [9.17, 15) is 10.1 Å². The second kappa shape index (κ2) is 6.41. The van der Waals surface area contributed by atoms with E-state index >= 15 is 0 Å². The first-order valence-corrected chi connectivity index (χ1v) is 7.74. The Morgan fingerprint density at radius 2 is 2.40 bits per heavy atom. The second-order valence-corrected chi connectivity index (χ2v) is 5.57. The van der Waals surface area contributed by atoms with Crippen LogP contribution in [-0.2, 0) is 6.54 Å². The van der Waals surface area contributed by atoms with Crippen molar-refractivity contribution in [3.63, 3.8) is 0 Å². The minimum atomic E-state index is -1.03. The van der Waals surface area contributed by atoms with E-state index in [1.165, 1.54) is 28.5 Å². The summed E-state index contributed by atoms with van der Waals surface area (Å²) in [6.45, 7) is 0.393. The van der Waals surface area contributed by atoms with E-state index in [1.54, 1.807) is 0 Å². The fourth-order valence-electron chi connectivity index (χ4n) is 1.63. The Hall–Kier alpha value is -2.04. The van der Waals surface area contributed by atoms with Crippen LogP contribution < -0.4 is 5.32 Å². The molecule has 7 heteroatoms. The first-order chi connectivity index (χ1) is 9.65. The molecule has 5 nitrogen and oxygen atoms in total. The largest absolute Gasteiger partial charge is 0.476 e. The zero-order valence-electron chi connectivity index (χ0n) is 10.6. The highest BCUT2D eigenvalue weighted by molar-refractivity contribution is 7.98. The van der Waals surface area contributed by atoms with Crippen LogP contribution in [0.15, 0.2) is 28.5 Å². The van der Waals surface area contributed by atoms with Gasteiger partial charge in [0, 0.05) is 10.3 Å². The number of thioether (sulfide) groups is 1. The van der Waals surface area contributed by atoms with Crippen molar-refractivity contribution in [2.24, 2.45) is 0 Å². The fraction of sp³-hybridized carbons (Fsp3) is 0.154. The first kappa shape index (κ1) is 14.4. The minimum Gasteiger partial charge on any atom is -0.476 e. The summed E-state index contributed by atoms with van der Waals surface area (Å²) in [4.78, 5) is 15.6.